The van der Waals surface area contributed by atoms with Gasteiger partial charge in [-0.2, -0.15) is 5.10 Å². The van der Waals surface area contributed by atoms with Gasteiger partial charge in [0, 0.05) is 23.0 Å². The number of hydrogen-bond acceptors (Lipinski definition) is 2. The molecule has 2 aromatic rings. The summed E-state index contributed by atoms with van der Waals surface area (Å²) in [6, 6.07) is 0. The van der Waals surface area contributed by atoms with Crippen molar-refractivity contribution < 1.29 is 9.90 Å². The minimum atomic E-state index is -0.939. The molecule has 2 aromatic heterocycles. The first-order chi connectivity index (χ1) is 7.68. The van der Waals surface area contributed by atoms with Gasteiger partial charge >= 0.3 is 5.97 Å². The third-order valence-corrected chi connectivity index (χ3v) is 3.10. The Morgan fingerprint density at radius 3 is 3.06 bits per heavy atom. The molecule has 1 aliphatic carbocycles. The van der Waals surface area contributed by atoms with Gasteiger partial charge in [0.05, 0.1) is 5.69 Å². The summed E-state index contributed by atoms with van der Waals surface area (Å²) < 4.78 is 0. The minimum absolute atomic E-state index is 0.223. The summed E-state index contributed by atoms with van der Waals surface area (Å²) in [6.45, 7) is 2.00. The summed E-state index contributed by atoms with van der Waals surface area (Å²) in [5.41, 5.74) is 5.15. The van der Waals surface area contributed by atoms with Crippen molar-refractivity contribution in [1.29, 1.82) is 0 Å². The molecular weight excluding hydrogens is 206 g/mol. The van der Waals surface area contributed by atoms with Gasteiger partial charge in [-0.25, -0.2) is 4.79 Å². The molecule has 82 valence electrons. The molecule has 0 unspecified atom stereocenters. The molecular formula is C11H11N3O2. The first-order valence-electron chi connectivity index (χ1n) is 5.16. The van der Waals surface area contributed by atoms with Gasteiger partial charge in [0.1, 0.15) is 5.69 Å². The molecule has 3 rings (SSSR count). The lowest BCUT2D eigenvalue weighted by Crippen LogP contribution is -2.07. The molecule has 0 atom stereocenters. The zero-order valence-corrected chi connectivity index (χ0v) is 8.79. The summed E-state index contributed by atoms with van der Waals surface area (Å²) in [5.74, 6) is -0.939. The predicted octanol–water partition coefficient (Wildman–Crippen LogP) is 1.51. The van der Waals surface area contributed by atoms with E-state index in [0.29, 0.717) is 0 Å². The molecule has 16 heavy (non-hydrogen) atoms. The predicted molar refractivity (Wildman–Crippen MR) is 57.5 cm³/mol. The average molecular weight is 217 g/mol. The summed E-state index contributed by atoms with van der Waals surface area (Å²) in [5, 5.41) is 15.8. The minimum Gasteiger partial charge on any atom is -0.477 e. The highest BCUT2D eigenvalue weighted by molar-refractivity contribution is 5.90. The molecule has 0 saturated heterocycles. The van der Waals surface area contributed by atoms with Crippen LogP contribution in [0.5, 0.6) is 0 Å². The molecule has 0 fully saturated rings. The summed E-state index contributed by atoms with van der Waals surface area (Å²) in [7, 11) is 0. The molecule has 0 aliphatic heterocycles. The molecule has 0 amide bonds. The molecule has 5 heteroatoms. The topological polar surface area (TPSA) is 81.8 Å². The van der Waals surface area contributed by atoms with Crippen molar-refractivity contribution in [3.05, 3.63) is 28.7 Å². The van der Waals surface area contributed by atoms with Crippen molar-refractivity contribution in [3.8, 4) is 11.3 Å². The fourth-order valence-electron chi connectivity index (χ4n) is 2.35. The SMILES string of the molecule is Cc1c[nH]c2c1-c1n[nH]c(C(=O)O)c1CC2. The standard InChI is InChI=1S/C11H11N3O2/c1-5-4-12-7-3-2-6-9(8(5)7)13-14-10(6)11(15)16/h4,12H,2-3H2,1H3,(H,13,14)(H,15,16). The Kier molecular flexibility index (Phi) is 1.71. The number of aromatic carboxylic acids is 1. The fourth-order valence-corrected chi connectivity index (χ4v) is 2.35. The third-order valence-electron chi connectivity index (χ3n) is 3.10. The third kappa shape index (κ3) is 1.05. The van der Waals surface area contributed by atoms with Gasteiger partial charge in [0.25, 0.3) is 0 Å². The molecule has 0 saturated carbocycles. The van der Waals surface area contributed by atoms with Gasteiger partial charge in [0.2, 0.25) is 0 Å². The summed E-state index contributed by atoms with van der Waals surface area (Å²) in [6.07, 6.45) is 3.51. The second-order valence-electron chi connectivity index (χ2n) is 4.06. The van der Waals surface area contributed by atoms with Crippen LogP contribution >= 0.6 is 0 Å². The van der Waals surface area contributed by atoms with Gasteiger partial charge in [-0.3, -0.25) is 5.10 Å². The molecule has 0 bridgehead atoms. The number of aromatic nitrogens is 3. The van der Waals surface area contributed by atoms with Gasteiger partial charge in [0.15, 0.2) is 0 Å². The van der Waals surface area contributed by atoms with E-state index in [9.17, 15) is 4.79 Å². The van der Waals surface area contributed by atoms with E-state index in [0.717, 1.165) is 40.9 Å². The molecule has 2 heterocycles. The Bertz CT molecular complexity index is 580. The Hall–Kier alpha value is -2.04. The largest absolute Gasteiger partial charge is 0.477 e. The van der Waals surface area contributed by atoms with E-state index in [1.54, 1.807) is 0 Å². The highest BCUT2D eigenvalue weighted by Crippen LogP contribution is 2.35. The lowest BCUT2D eigenvalue weighted by atomic mass is 9.92. The van der Waals surface area contributed by atoms with Crippen LogP contribution in [0.3, 0.4) is 0 Å². The summed E-state index contributed by atoms with van der Waals surface area (Å²) in [4.78, 5) is 14.2. The number of carboxylic acid groups (broad SMARTS) is 1. The smallest absolute Gasteiger partial charge is 0.354 e. The van der Waals surface area contributed by atoms with Crippen molar-refractivity contribution in [2.24, 2.45) is 0 Å². The van der Waals surface area contributed by atoms with Crippen LogP contribution in [-0.4, -0.2) is 26.3 Å². The van der Waals surface area contributed by atoms with E-state index in [4.69, 9.17) is 5.11 Å². The quantitative estimate of drug-likeness (QED) is 0.677. The van der Waals surface area contributed by atoms with Gasteiger partial charge in [-0.1, -0.05) is 0 Å². The monoisotopic (exact) mass is 217 g/mol. The second kappa shape index (κ2) is 2.98. The van der Waals surface area contributed by atoms with Crippen molar-refractivity contribution >= 4 is 5.97 Å². The first-order valence-corrected chi connectivity index (χ1v) is 5.16. The van der Waals surface area contributed by atoms with Crippen LogP contribution in [0.2, 0.25) is 0 Å². The van der Waals surface area contributed by atoms with Crippen molar-refractivity contribution in [2.75, 3.05) is 0 Å². The molecule has 0 spiro atoms. The lowest BCUT2D eigenvalue weighted by molar-refractivity contribution is 0.0689. The Balaban J connectivity index is 2.26. The highest BCUT2D eigenvalue weighted by atomic mass is 16.4. The highest BCUT2D eigenvalue weighted by Gasteiger charge is 2.26. The number of aryl methyl sites for hydroxylation is 2. The van der Waals surface area contributed by atoms with E-state index < -0.39 is 5.97 Å². The van der Waals surface area contributed by atoms with Crippen LogP contribution in [0.1, 0.15) is 27.3 Å². The number of H-pyrrole nitrogens is 2. The van der Waals surface area contributed by atoms with E-state index >= 15 is 0 Å². The van der Waals surface area contributed by atoms with Crippen LogP contribution in [0, 0.1) is 6.92 Å². The number of carbonyl (C=O) groups is 1. The van der Waals surface area contributed by atoms with E-state index in [-0.39, 0.29) is 5.69 Å². The fraction of sp³-hybridized carbons (Fsp3) is 0.273. The molecule has 5 nitrogen and oxygen atoms in total. The maximum Gasteiger partial charge on any atom is 0.354 e. The zero-order chi connectivity index (χ0) is 11.3. The molecule has 0 radical (unpaired) electrons. The molecule has 3 N–H and O–H groups in total. The van der Waals surface area contributed by atoms with Crippen LogP contribution < -0.4 is 0 Å². The average Bonchev–Trinajstić information content (AvgIpc) is 2.81. The Labute approximate surface area is 91.5 Å². The van der Waals surface area contributed by atoms with Crippen molar-refractivity contribution in [3.63, 3.8) is 0 Å². The number of rotatable bonds is 1. The normalized spacial score (nSPS) is 13.3. The number of hydrogen-bond donors (Lipinski definition) is 3. The van der Waals surface area contributed by atoms with Gasteiger partial charge in [-0.15, -0.1) is 0 Å². The van der Waals surface area contributed by atoms with E-state index in [1.165, 1.54) is 0 Å². The first kappa shape index (κ1) is 9.21. The van der Waals surface area contributed by atoms with E-state index in [2.05, 4.69) is 15.2 Å². The second-order valence-corrected chi connectivity index (χ2v) is 4.06. The maximum absolute atomic E-state index is 11.0. The van der Waals surface area contributed by atoms with Crippen LogP contribution in [0.15, 0.2) is 6.20 Å². The maximum atomic E-state index is 11.0. The van der Waals surface area contributed by atoms with Crippen molar-refractivity contribution in [1.82, 2.24) is 15.2 Å². The van der Waals surface area contributed by atoms with Crippen LogP contribution in [0.4, 0.5) is 0 Å². The number of nitrogens with one attached hydrogen (secondary N) is 2. The molecule has 0 aromatic carbocycles. The number of fused-ring (bicyclic) bond motifs is 3. The Morgan fingerprint density at radius 2 is 2.31 bits per heavy atom. The lowest BCUT2D eigenvalue weighted by Gasteiger charge is -2.12. The summed E-state index contributed by atoms with van der Waals surface area (Å²) >= 11 is 0. The van der Waals surface area contributed by atoms with Crippen LogP contribution in [-0.2, 0) is 12.8 Å². The molecule has 1 aliphatic rings. The van der Waals surface area contributed by atoms with E-state index in [1.807, 2.05) is 13.1 Å². The van der Waals surface area contributed by atoms with Gasteiger partial charge in [-0.05, 0) is 25.3 Å². The van der Waals surface area contributed by atoms with Gasteiger partial charge < -0.3 is 10.1 Å². The van der Waals surface area contributed by atoms with Crippen LogP contribution in [0.25, 0.3) is 11.3 Å². The number of aromatic amines is 2. The van der Waals surface area contributed by atoms with Crippen molar-refractivity contribution in [2.45, 2.75) is 19.8 Å². The number of nitrogens with zero attached hydrogens (tertiary/aromatic N) is 1. The zero-order valence-electron chi connectivity index (χ0n) is 8.79. The number of carboxylic acids is 1. The Morgan fingerprint density at radius 1 is 1.50 bits per heavy atom.